The van der Waals surface area contributed by atoms with E-state index in [4.69, 9.17) is 9.15 Å². The maximum absolute atomic E-state index is 12.5. The van der Waals surface area contributed by atoms with E-state index in [2.05, 4.69) is 0 Å². The number of hydrogen-bond donors (Lipinski definition) is 0. The molecular weight excluding hydrogens is 320 g/mol. The Bertz CT molecular complexity index is 670. The molecule has 0 aliphatic carbocycles. The predicted octanol–water partition coefficient (Wildman–Crippen LogP) is 2.47. The summed E-state index contributed by atoms with van der Waals surface area (Å²) in [7, 11) is 3.50. The van der Waals surface area contributed by atoms with Crippen LogP contribution in [0.3, 0.4) is 0 Å². The van der Waals surface area contributed by atoms with Crippen LogP contribution in [0, 0.1) is 0 Å². The van der Waals surface area contributed by atoms with Gasteiger partial charge >= 0.3 is 5.97 Å². The van der Waals surface area contributed by atoms with Gasteiger partial charge in [0.25, 0.3) is 5.91 Å². The van der Waals surface area contributed by atoms with Crippen molar-refractivity contribution in [1.82, 2.24) is 9.80 Å². The molecule has 1 aromatic carbocycles. The van der Waals surface area contributed by atoms with E-state index in [9.17, 15) is 9.59 Å². The van der Waals surface area contributed by atoms with Crippen LogP contribution in [0.15, 0.2) is 53.1 Å². The number of esters is 1. The maximum atomic E-state index is 12.5. The fourth-order valence-corrected chi connectivity index (χ4v) is 2.43. The van der Waals surface area contributed by atoms with Gasteiger partial charge in [-0.05, 0) is 31.3 Å². The molecule has 6 nitrogen and oxygen atoms in total. The Morgan fingerprint density at radius 1 is 1.12 bits per heavy atom. The standard InChI is InChI=1S/C19H24N2O4/c1-4-20(2)18(15-9-6-5-7-10-15)19(23)25-14-17(22)21(3)13-16-11-8-12-24-16/h5-12,18H,4,13-14H2,1-3H3. The van der Waals surface area contributed by atoms with Crippen LogP contribution in [-0.2, 0) is 20.9 Å². The molecule has 0 spiro atoms. The highest BCUT2D eigenvalue weighted by Crippen LogP contribution is 2.20. The molecule has 0 radical (unpaired) electrons. The minimum Gasteiger partial charge on any atom is -0.467 e. The smallest absolute Gasteiger partial charge is 0.328 e. The topological polar surface area (TPSA) is 63.0 Å². The van der Waals surface area contributed by atoms with Crippen LogP contribution in [0.5, 0.6) is 0 Å². The molecule has 6 heteroatoms. The SMILES string of the molecule is CCN(C)C(C(=O)OCC(=O)N(C)Cc1ccco1)c1ccccc1. The number of carbonyl (C=O) groups is 2. The number of hydrogen-bond acceptors (Lipinski definition) is 5. The van der Waals surface area contributed by atoms with Gasteiger partial charge in [-0.15, -0.1) is 0 Å². The van der Waals surface area contributed by atoms with E-state index in [1.54, 1.807) is 25.4 Å². The zero-order chi connectivity index (χ0) is 18.2. The van der Waals surface area contributed by atoms with Gasteiger partial charge < -0.3 is 14.1 Å². The highest BCUT2D eigenvalue weighted by Gasteiger charge is 2.26. The molecule has 0 saturated heterocycles. The molecule has 134 valence electrons. The second kappa shape index (κ2) is 9.03. The Morgan fingerprint density at radius 2 is 1.84 bits per heavy atom. The monoisotopic (exact) mass is 344 g/mol. The zero-order valence-corrected chi connectivity index (χ0v) is 14.8. The van der Waals surface area contributed by atoms with Crippen molar-refractivity contribution in [2.24, 2.45) is 0 Å². The molecular formula is C19H24N2O4. The van der Waals surface area contributed by atoms with Gasteiger partial charge in [-0.25, -0.2) is 4.79 Å². The van der Waals surface area contributed by atoms with E-state index < -0.39 is 12.0 Å². The summed E-state index contributed by atoms with van der Waals surface area (Å²) >= 11 is 0. The van der Waals surface area contributed by atoms with Gasteiger partial charge in [-0.3, -0.25) is 9.69 Å². The summed E-state index contributed by atoms with van der Waals surface area (Å²) in [6.07, 6.45) is 1.55. The lowest BCUT2D eigenvalue weighted by Gasteiger charge is -2.25. The third-order valence-corrected chi connectivity index (χ3v) is 4.01. The van der Waals surface area contributed by atoms with E-state index in [0.29, 0.717) is 18.8 Å². The number of carbonyl (C=O) groups excluding carboxylic acids is 2. The fourth-order valence-electron chi connectivity index (χ4n) is 2.43. The Morgan fingerprint density at radius 3 is 2.44 bits per heavy atom. The van der Waals surface area contributed by atoms with Crippen LogP contribution in [0.2, 0.25) is 0 Å². The summed E-state index contributed by atoms with van der Waals surface area (Å²) in [5, 5.41) is 0. The van der Waals surface area contributed by atoms with Crippen molar-refractivity contribution in [1.29, 1.82) is 0 Å². The summed E-state index contributed by atoms with van der Waals surface area (Å²) in [6, 6.07) is 12.4. The molecule has 0 fully saturated rings. The first-order valence-corrected chi connectivity index (χ1v) is 8.21. The maximum Gasteiger partial charge on any atom is 0.328 e. The average Bonchev–Trinajstić information content (AvgIpc) is 3.13. The molecule has 0 aliphatic rings. The molecule has 2 aromatic rings. The first-order chi connectivity index (χ1) is 12.0. The lowest BCUT2D eigenvalue weighted by atomic mass is 10.1. The van der Waals surface area contributed by atoms with E-state index in [1.165, 1.54) is 4.90 Å². The summed E-state index contributed by atoms with van der Waals surface area (Å²) in [6.45, 7) is 2.68. The Balaban J connectivity index is 1.95. The average molecular weight is 344 g/mol. The highest BCUT2D eigenvalue weighted by molar-refractivity contribution is 5.83. The van der Waals surface area contributed by atoms with Gasteiger partial charge in [0, 0.05) is 7.05 Å². The van der Waals surface area contributed by atoms with E-state index in [-0.39, 0.29) is 12.5 Å². The van der Waals surface area contributed by atoms with Crippen molar-refractivity contribution in [2.45, 2.75) is 19.5 Å². The highest BCUT2D eigenvalue weighted by atomic mass is 16.5. The van der Waals surface area contributed by atoms with Crippen molar-refractivity contribution in [3.05, 3.63) is 60.1 Å². The molecule has 25 heavy (non-hydrogen) atoms. The quantitative estimate of drug-likeness (QED) is 0.689. The van der Waals surface area contributed by atoms with Crippen LogP contribution >= 0.6 is 0 Å². The molecule has 0 saturated carbocycles. The minimum absolute atomic E-state index is 0.282. The molecule has 1 atom stereocenters. The number of furan rings is 1. The molecule has 1 amide bonds. The van der Waals surface area contributed by atoms with Gasteiger partial charge in [0.2, 0.25) is 0 Å². The van der Waals surface area contributed by atoms with E-state index in [1.807, 2.05) is 49.2 Å². The molecule has 0 N–H and O–H groups in total. The fraction of sp³-hybridized carbons (Fsp3) is 0.368. The van der Waals surface area contributed by atoms with Crippen molar-refractivity contribution in [3.8, 4) is 0 Å². The number of rotatable bonds is 8. The molecule has 2 rings (SSSR count). The summed E-state index contributed by atoms with van der Waals surface area (Å²) in [5.41, 5.74) is 0.841. The number of nitrogens with zero attached hydrogens (tertiary/aromatic N) is 2. The molecule has 1 heterocycles. The Hall–Kier alpha value is -2.60. The second-order valence-electron chi connectivity index (χ2n) is 5.82. The zero-order valence-electron chi connectivity index (χ0n) is 14.8. The van der Waals surface area contributed by atoms with Gasteiger partial charge in [-0.2, -0.15) is 0 Å². The van der Waals surface area contributed by atoms with Crippen molar-refractivity contribution < 1.29 is 18.7 Å². The van der Waals surface area contributed by atoms with Crippen LogP contribution in [0.4, 0.5) is 0 Å². The van der Waals surface area contributed by atoms with Crippen molar-refractivity contribution in [3.63, 3.8) is 0 Å². The van der Waals surface area contributed by atoms with Crippen LogP contribution in [0.1, 0.15) is 24.3 Å². The van der Waals surface area contributed by atoms with Gasteiger partial charge in [-0.1, -0.05) is 37.3 Å². The van der Waals surface area contributed by atoms with Crippen LogP contribution < -0.4 is 0 Å². The normalized spacial score (nSPS) is 12.0. The number of benzene rings is 1. The first-order valence-electron chi connectivity index (χ1n) is 8.21. The third kappa shape index (κ3) is 5.19. The second-order valence-corrected chi connectivity index (χ2v) is 5.82. The van der Waals surface area contributed by atoms with Crippen LogP contribution in [-0.4, -0.2) is 48.9 Å². The first kappa shape index (κ1) is 18.7. The molecule has 0 aliphatic heterocycles. The molecule has 0 bridgehead atoms. The van der Waals surface area contributed by atoms with Crippen molar-refractivity contribution >= 4 is 11.9 Å². The minimum atomic E-state index is -0.533. The van der Waals surface area contributed by atoms with Gasteiger partial charge in [0.1, 0.15) is 11.8 Å². The third-order valence-electron chi connectivity index (χ3n) is 4.01. The molecule has 1 aromatic heterocycles. The number of ether oxygens (including phenoxy) is 1. The van der Waals surface area contributed by atoms with E-state index >= 15 is 0 Å². The molecule has 1 unspecified atom stereocenters. The van der Waals surface area contributed by atoms with Gasteiger partial charge in [0.15, 0.2) is 6.61 Å². The lowest BCUT2D eigenvalue weighted by molar-refractivity contribution is -0.156. The lowest BCUT2D eigenvalue weighted by Crippen LogP contribution is -2.35. The van der Waals surface area contributed by atoms with E-state index in [0.717, 1.165) is 5.56 Å². The largest absolute Gasteiger partial charge is 0.467 e. The van der Waals surface area contributed by atoms with Gasteiger partial charge in [0.05, 0.1) is 12.8 Å². The van der Waals surface area contributed by atoms with Crippen LogP contribution in [0.25, 0.3) is 0 Å². The summed E-state index contributed by atoms with van der Waals surface area (Å²) in [5.74, 6) is -0.0407. The Kier molecular flexibility index (Phi) is 6.77. The Labute approximate surface area is 148 Å². The number of likely N-dealkylation sites (N-methyl/N-ethyl adjacent to an activating group) is 2. The summed E-state index contributed by atoms with van der Waals surface area (Å²) in [4.78, 5) is 28.0. The number of amides is 1. The predicted molar refractivity (Wildman–Crippen MR) is 93.6 cm³/mol. The van der Waals surface area contributed by atoms with Crippen molar-refractivity contribution in [2.75, 3.05) is 27.2 Å². The summed E-state index contributed by atoms with van der Waals surface area (Å²) < 4.78 is 10.5.